The molecule has 1 N–H and O–H groups in total. The third-order valence-corrected chi connectivity index (χ3v) is 6.25. The number of nitrogens with one attached hydrogen (secondary N) is 1. The van der Waals surface area contributed by atoms with Crippen LogP contribution in [0.1, 0.15) is 24.8 Å². The highest BCUT2D eigenvalue weighted by Gasteiger charge is 2.66. The minimum absolute atomic E-state index is 0.666. The molecule has 5 atom stereocenters. The molecule has 0 radical (unpaired) electrons. The highest BCUT2D eigenvalue weighted by atomic mass is 35.5. The average molecular weight is 276 g/mol. The lowest BCUT2D eigenvalue weighted by Gasteiger charge is -2.20. The van der Waals surface area contributed by atoms with Gasteiger partial charge in [0.25, 0.3) is 0 Å². The summed E-state index contributed by atoms with van der Waals surface area (Å²) in [6, 6.07) is 9.06. The van der Waals surface area contributed by atoms with Crippen molar-refractivity contribution in [1.82, 2.24) is 5.32 Å². The van der Waals surface area contributed by atoms with Crippen LogP contribution >= 0.6 is 11.6 Å². The van der Waals surface area contributed by atoms with Gasteiger partial charge in [0.1, 0.15) is 0 Å². The number of fused-ring (bicyclic) bond motifs is 5. The first-order chi connectivity index (χ1) is 9.28. The fourth-order valence-corrected chi connectivity index (χ4v) is 5.36. The lowest BCUT2D eigenvalue weighted by molar-refractivity contribution is 0.376. The van der Waals surface area contributed by atoms with Crippen LogP contribution in [0, 0.1) is 29.6 Å². The van der Waals surface area contributed by atoms with Crippen LogP contribution in [-0.4, -0.2) is 13.1 Å². The van der Waals surface area contributed by atoms with E-state index in [1.807, 2.05) is 12.1 Å². The first kappa shape index (κ1) is 12.2. The zero-order chi connectivity index (χ0) is 13.0. The molecule has 1 aromatic rings. The fraction of sp³-hybridized carbons (Fsp3) is 0.647. The van der Waals surface area contributed by atoms with E-state index in [1.54, 1.807) is 6.42 Å². The smallest absolute Gasteiger partial charge is 0.0406 e. The zero-order valence-corrected chi connectivity index (χ0v) is 12.2. The van der Waals surface area contributed by atoms with Crippen LogP contribution in [0.5, 0.6) is 0 Å². The van der Waals surface area contributed by atoms with Crippen LogP contribution in [-0.2, 0) is 6.42 Å². The lowest BCUT2D eigenvalue weighted by Crippen LogP contribution is -2.32. The van der Waals surface area contributed by atoms with Gasteiger partial charge in [0.15, 0.2) is 0 Å². The second-order valence-corrected chi connectivity index (χ2v) is 7.23. The Balaban J connectivity index is 1.46. The summed E-state index contributed by atoms with van der Waals surface area (Å²) in [5, 5.41) is 4.43. The third-order valence-electron chi connectivity index (χ3n) is 6.00. The maximum atomic E-state index is 5.97. The largest absolute Gasteiger partial charge is 0.316 e. The number of halogens is 1. The van der Waals surface area contributed by atoms with E-state index in [4.69, 9.17) is 11.6 Å². The van der Waals surface area contributed by atoms with Crippen molar-refractivity contribution in [3.8, 4) is 0 Å². The molecule has 0 amide bonds. The Morgan fingerprint density at radius 1 is 1.16 bits per heavy atom. The van der Waals surface area contributed by atoms with Gasteiger partial charge in [-0.25, -0.2) is 0 Å². The number of likely N-dealkylation sites (N-methyl/N-ethyl adjacent to an activating group) is 1. The molecule has 2 bridgehead atoms. The van der Waals surface area contributed by atoms with Crippen molar-refractivity contribution >= 4 is 11.6 Å². The quantitative estimate of drug-likeness (QED) is 0.882. The van der Waals surface area contributed by atoms with Gasteiger partial charge in [-0.2, -0.15) is 0 Å². The maximum absolute atomic E-state index is 5.97. The van der Waals surface area contributed by atoms with E-state index in [0.29, 0.717) is 6.04 Å². The van der Waals surface area contributed by atoms with Gasteiger partial charge in [-0.3, -0.25) is 0 Å². The molecule has 4 rings (SSSR count). The summed E-state index contributed by atoms with van der Waals surface area (Å²) in [6.45, 7) is 0. The topological polar surface area (TPSA) is 12.0 Å². The number of rotatable bonds is 4. The summed E-state index contributed by atoms with van der Waals surface area (Å²) >= 11 is 5.97. The molecular formula is C17H22ClN. The average Bonchev–Trinajstić information content (AvgIpc) is 2.86. The minimum atomic E-state index is 0.666. The van der Waals surface area contributed by atoms with Gasteiger partial charge in [0.05, 0.1) is 0 Å². The second-order valence-electron chi connectivity index (χ2n) is 6.79. The van der Waals surface area contributed by atoms with E-state index in [9.17, 15) is 0 Å². The SMILES string of the molecule is CNC(Cc1ccc(Cl)cc1)C1C2C3CCC(C3)C21. The van der Waals surface area contributed by atoms with Crippen LogP contribution in [0.15, 0.2) is 24.3 Å². The van der Waals surface area contributed by atoms with Gasteiger partial charge < -0.3 is 5.32 Å². The molecule has 0 heterocycles. The molecule has 1 aromatic carbocycles. The van der Waals surface area contributed by atoms with Crippen LogP contribution in [0.3, 0.4) is 0 Å². The van der Waals surface area contributed by atoms with Crippen LogP contribution in [0.25, 0.3) is 0 Å². The van der Waals surface area contributed by atoms with Gasteiger partial charge in [-0.15, -0.1) is 0 Å². The predicted molar refractivity (Wildman–Crippen MR) is 79.3 cm³/mol. The Bertz CT molecular complexity index is 453. The molecular weight excluding hydrogens is 254 g/mol. The molecule has 3 aliphatic carbocycles. The van der Waals surface area contributed by atoms with Gasteiger partial charge in [-0.05, 0) is 80.0 Å². The van der Waals surface area contributed by atoms with E-state index in [-0.39, 0.29) is 0 Å². The molecule has 2 heteroatoms. The highest BCUT2D eigenvalue weighted by molar-refractivity contribution is 6.30. The Hall–Kier alpha value is -0.530. The number of hydrogen-bond acceptors (Lipinski definition) is 1. The van der Waals surface area contributed by atoms with Gasteiger partial charge in [0.2, 0.25) is 0 Å². The highest BCUT2D eigenvalue weighted by Crippen LogP contribution is 2.70. The summed E-state index contributed by atoms with van der Waals surface area (Å²) in [4.78, 5) is 0. The fourth-order valence-electron chi connectivity index (χ4n) is 5.24. The molecule has 5 unspecified atom stereocenters. The lowest BCUT2D eigenvalue weighted by atomic mass is 9.93. The summed E-state index contributed by atoms with van der Waals surface area (Å²) in [7, 11) is 2.14. The molecule has 19 heavy (non-hydrogen) atoms. The summed E-state index contributed by atoms with van der Waals surface area (Å²) in [5.41, 5.74) is 1.42. The second kappa shape index (κ2) is 4.49. The van der Waals surface area contributed by atoms with Crippen molar-refractivity contribution in [3.05, 3.63) is 34.9 Å². The molecule has 3 fully saturated rings. The Morgan fingerprint density at radius 3 is 2.37 bits per heavy atom. The molecule has 3 aliphatic rings. The Kier molecular flexibility index (Phi) is 2.89. The van der Waals surface area contributed by atoms with Crippen molar-refractivity contribution < 1.29 is 0 Å². The van der Waals surface area contributed by atoms with Crippen molar-refractivity contribution in [2.45, 2.75) is 31.7 Å². The standard InChI is InChI=1S/C17H22ClN/c1-19-14(8-10-2-6-13(18)7-3-10)17-15-11-4-5-12(9-11)16(15)17/h2-3,6-7,11-12,14-17,19H,4-5,8-9H2,1H3. The molecule has 102 valence electrons. The zero-order valence-electron chi connectivity index (χ0n) is 11.5. The van der Waals surface area contributed by atoms with E-state index in [1.165, 1.54) is 18.4 Å². The van der Waals surface area contributed by atoms with Crippen molar-refractivity contribution in [2.24, 2.45) is 29.6 Å². The maximum Gasteiger partial charge on any atom is 0.0406 e. The van der Waals surface area contributed by atoms with Gasteiger partial charge in [0, 0.05) is 11.1 Å². The molecule has 3 saturated carbocycles. The van der Waals surface area contributed by atoms with Crippen molar-refractivity contribution in [3.63, 3.8) is 0 Å². The molecule has 0 aliphatic heterocycles. The van der Waals surface area contributed by atoms with Crippen LogP contribution in [0.4, 0.5) is 0 Å². The van der Waals surface area contributed by atoms with E-state index < -0.39 is 0 Å². The molecule has 1 nitrogen and oxygen atoms in total. The Morgan fingerprint density at radius 2 is 1.79 bits per heavy atom. The van der Waals surface area contributed by atoms with E-state index >= 15 is 0 Å². The van der Waals surface area contributed by atoms with Crippen molar-refractivity contribution in [1.29, 1.82) is 0 Å². The van der Waals surface area contributed by atoms with Crippen LogP contribution < -0.4 is 5.32 Å². The minimum Gasteiger partial charge on any atom is -0.316 e. The van der Waals surface area contributed by atoms with E-state index in [0.717, 1.165) is 41.0 Å². The third kappa shape index (κ3) is 1.94. The first-order valence-electron chi connectivity index (χ1n) is 7.69. The van der Waals surface area contributed by atoms with Crippen LogP contribution in [0.2, 0.25) is 5.02 Å². The summed E-state index contributed by atoms with van der Waals surface area (Å²) in [5.74, 6) is 5.21. The normalized spacial score (nSPS) is 40.2. The summed E-state index contributed by atoms with van der Waals surface area (Å²) < 4.78 is 0. The molecule has 0 spiro atoms. The number of benzene rings is 1. The summed E-state index contributed by atoms with van der Waals surface area (Å²) in [6.07, 6.45) is 5.73. The molecule has 0 saturated heterocycles. The monoisotopic (exact) mass is 275 g/mol. The van der Waals surface area contributed by atoms with Crippen molar-refractivity contribution in [2.75, 3.05) is 7.05 Å². The predicted octanol–water partition coefficient (Wildman–Crippen LogP) is 3.76. The Labute approximate surface area is 120 Å². The first-order valence-corrected chi connectivity index (χ1v) is 8.07. The van der Waals surface area contributed by atoms with Gasteiger partial charge in [-0.1, -0.05) is 23.7 Å². The van der Waals surface area contributed by atoms with Gasteiger partial charge >= 0.3 is 0 Å². The molecule has 0 aromatic heterocycles. The number of hydrogen-bond donors (Lipinski definition) is 1. The van der Waals surface area contributed by atoms with E-state index in [2.05, 4.69) is 24.5 Å².